The Morgan fingerprint density at radius 3 is 2.64 bits per heavy atom. The van der Waals surface area contributed by atoms with Gasteiger partial charge in [0.2, 0.25) is 0 Å². The van der Waals surface area contributed by atoms with Gasteiger partial charge in [0.1, 0.15) is 5.82 Å². The van der Waals surface area contributed by atoms with Gasteiger partial charge in [0, 0.05) is 49.2 Å². The van der Waals surface area contributed by atoms with Crippen molar-refractivity contribution in [3.05, 3.63) is 52.4 Å². The number of hydrogen-bond donors (Lipinski definition) is 0. The number of nitrogens with zero attached hydrogens (tertiary/aromatic N) is 4. The van der Waals surface area contributed by atoms with Crippen molar-refractivity contribution in [1.29, 1.82) is 0 Å². The van der Waals surface area contributed by atoms with Gasteiger partial charge >= 0.3 is 0 Å². The van der Waals surface area contributed by atoms with E-state index in [4.69, 9.17) is 0 Å². The zero-order valence-electron chi connectivity index (χ0n) is 12.4. The van der Waals surface area contributed by atoms with E-state index in [0.717, 1.165) is 28.9 Å². The maximum Gasteiger partial charge on any atom is 0.255 e. The van der Waals surface area contributed by atoms with Crippen LogP contribution in [-0.2, 0) is 0 Å². The van der Waals surface area contributed by atoms with Crippen LogP contribution in [0.1, 0.15) is 15.9 Å². The van der Waals surface area contributed by atoms with Gasteiger partial charge in [-0.1, -0.05) is 0 Å². The fourth-order valence-corrected chi connectivity index (χ4v) is 3.10. The van der Waals surface area contributed by atoms with Crippen molar-refractivity contribution in [2.75, 3.05) is 31.1 Å². The second-order valence-electron chi connectivity index (χ2n) is 5.31. The quantitative estimate of drug-likeness (QED) is 0.825. The summed E-state index contributed by atoms with van der Waals surface area (Å²) in [4.78, 5) is 25.0. The van der Waals surface area contributed by atoms with E-state index in [1.165, 1.54) is 0 Å². The minimum atomic E-state index is 0.0493. The smallest absolute Gasteiger partial charge is 0.255 e. The Kier molecular flexibility index (Phi) is 4.38. The van der Waals surface area contributed by atoms with Gasteiger partial charge in [-0.05, 0) is 46.6 Å². The molecule has 0 aliphatic carbocycles. The molecule has 1 fully saturated rings. The molecule has 5 nitrogen and oxygen atoms in total. The first kappa shape index (κ1) is 15.0. The van der Waals surface area contributed by atoms with Crippen molar-refractivity contribution in [2.45, 2.75) is 6.92 Å². The van der Waals surface area contributed by atoms with Crippen LogP contribution in [0.25, 0.3) is 0 Å². The molecule has 0 bridgehead atoms. The van der Waals surface area contributed by atoms with Gasteiger partial charge < -0.3 is 9.80 Å². The van der Waals surface area contributed by atoms with E-state index in [1.807, 2.05) is 17.2 Å². The predicted molar refractivity (Wildman–Crippen MR) is 89.0 cm³/mol. The summed E-state index contributed by atoms with van der Waals surface area (Å²) in [5.74, 6) is 1.05. The van der Waals surface area contributed by atoms with Gasteiger partial charge in [0.25, 0.3) is 5.91 Å². The molecule has 1 amide bonds. The molecule has 0 spiro atoms. The molecule has 0 radical (unpaired) electrons. The summed E-state index contributed by atoms with van der Waals surface area (Å²) in [6.07, 6.45) is 5.11. The Balaban J connectivity index is 1.66. The number of amides is 1. The van der Waals surface area contributed by atoms with Crippen LogP contribution in [0.15, 0.2) is 41.3 Å². The van der Waals surface area contributed by atoms with Crippen molar-refractivity contribution in [2.24, 2.45) is 0 Å². The van der Waals surface area contributed by atoms with Crippen LogP contribution in [0.2, 0.25) is 0 Å². The van der Waals surface area contributed by atoms with Crippen molar-refractivity contribution in [1.82, 2.24) is 14.9 Å². The van der Waals surface area contributed by atoms with Crippen LogP contribution in [0, 0.1) is 6.92 Å². The molecule has 0 aromatic carbocycles. The summed E-state index contributed by atoms with van der Waals surface area (Å²) < 4.78 is 0.985. The van der Waals surface area contributed by atoms with E-state index in [2.05, 4.69) is 43.8 Å². The van der Waals surface area contributed by atoms with Gasteiger partial charge in [-0.2, -0.15) is 0 Å². The maximum atomic E-state index is 12.4. The lowest BCUT2D eigenvalue weighted by Gasteiger charge is -2.36. The highest BCUT2D eigenvalue weighted by Crippen LogP contribution is 2.22. The Labute approximate surface area is 138 Å². The summed E-state index contributed by atoms with van der Waals surface area (Å²) in [5.41, 5.74) is 1.79. The van der Waals surface area contributed by atoms with E-state index in [9.17, 15) is 4.79 Å². The first-order valence-corrected chi connectivity index (χ1v) is 8.01. The van der Waals surface area contributed by atoms with E-state index in [-0.39, 0.29) is 5.91 Å². The standard InChI is InChI=1S/C16H17BrN4O/c1-12-9-14(17)11-19-15(12)20-5-7-21(8-6-20)16(22)13-3-2-4-18-10-13/h2-4,9-11H,5-8H2,1H3. The Hall–Kier alpha value is -1.95. The molecule has 0 N–H and O–H groups in total. The molecule has 2 aromatic heterocycles. The van der Waals surface area contributed by atoms with Crippen LogP contribution in [0.4, 0.5) is 5.82 Å². The van der Waals surface area contributed by atoms with Crippen molar-refractivity contribution >= 4 is 27.7 Å². The molecule has 3 rings (SSSR count). The zero-order valence-corrected chi connectivity index (χ0v) is 14.0. The van der Waals surface area contributed by atoms with Gasteiger partial charge in [-0.3, -0.25) is 9.78 Å². The van der Waals surface area contributed by atoms with E-state index in [1.54, 1.807) is 18.5 Å². The van der Waals surface area contributed by atoms with E-state index < -0.39 is 0 Å². The highest BCUT2D eigenvalue weighted by Gasteiger charge is 2.23. The molecule has 1 saturated heterocycles. The molecule has 0 atom stereocenters. The fraction of sp³-hybridized carbons (Fsp3) is 0.312. The number of aromatic nitrogens is 2. The normalized spacial score (nSPS) is 15.0. The largest absolute Gasteiger partial charge is 0.353 e. The lowest BCUT2D eigenvalue weighted by Crippen LogP contribution is -2.49. The molecular formula is C16H17BrN4O. The summed E-state index contributed by atoms with van der Waals surface area (Å²) >= 11 is 3.43. The van der Waals surface area contributed by atoms with E-state index in [0.29, 0.717) is 18.7 Å². The lowest BCUT2D eigenvalue weighted by atomic mass is 10.2. The average molecular weight is 361 g/mol. The number of pyridine rings is 2. The number of carbonyl (C=O) groups excluding carboxylic acids is 1. The molecule has 3 heterocycles. The number of halogens is 1. The molecule has 22 heavy (non-hydrogen) atoms. The van der Waals surface area contributed by atoms with Crippen molar-refractivity contribution in [3.63, 3.8) is 0 Å². The van der Waals surface area contributed by atoms with Crippen LogP contribution in [-0.4, -0.2) is 47.0 Å². The topological polar surface area (TPSA) is 49.3 Å². The summed E-state index contributed by atoms with van der Waals surface area (Å²) in [6, 6.07) is 5.66. The Morgan fingerprint density at radius 1 is 1.23 bits per heavy atom. The van der Waals surface area contributed by atoms with Gasteiger partial charge in [0.15, 0.2) is 0 Å². The van der Waals surface area contributed by atoms with Crippen LogP contribution < -0.4 is 4.90 Å². The lowest BCUT2D eigenvalue weighted by molar-refractivity contribution is 0.0746. The van der Waals surface area contributed by atoms with Crippen LogP contribution >= 0.6 is 15.9 Å². The second kappa shape index (κ2) is 6.44. The molecule has 1 aliphatic rings. The SMILES string of the molecule is Cc1cc(Br)cnc1N1CCN(C(=O)c2cccnc2)CC1. The number of hydrogen-bond acceptors (Lipinski definition) is 4. The summed E-state index contributed by atoms with van der Waals surface area (Å²) in [5, 5.41) is 0. The van der Waals surface area contributed by atoms with Crippen LogP contribution in [0.5, 0.6) is 0 Å². The Bertz CT molecular complexity index is 669. The molecule has 0 unspecified atom stereocenters. The third kappa shape index (κ3) is 3.11. The number of piperazine rings is 1. The number of carbonyl (C=O) groups is 1. The zero-order chi connectivity index (χ0) is 15.5. The summed E-state index contributed by atoms with van der Waals surface area (Å²) in [6.45, 7) is 5.04. The minimum Gasteiger partial charge on any atom is -0.353 e. The van der Waals surface area contributed by atoms with E-state index >= 15 is 0 Å². The van der Waals surface area contributed by atoms with Gasteiger partial charge in [-0.25, -0.2) is 4.98 Å². The van der Waals surface area contributed by atoms with Crippen molar-refractivity contribution in [3.8, 4) is 0 Å². The molecule has 1 aliphatic heterocycles. The Morgan fingerprint density at radius 2 is 2.00 bits per heavy atom. The molecule has 2 aromatic rings. The monoisotopic (exact) mass is 360 g/mol. The highest BCUT2D eigenvalue weighted by molar-refractivity contribution is 9.10. The third-order valence-corrected chi connectivity index (χ3v) is 4.23. The maximum absolute atomic E-state index is 12.4. The molecule has 114 valence electrons. The second-order valence-corrected chi connectivity index (χ2v) is 6.23. The van der Waals surface area contributed by atoms with Gasteiger partial charge in [0.05, 0.1) is 5.56 Å². The minimum absolute atomic E-state index is 0.0493. The van der Waals surface area contributed by atoms with Gasteiger partial charge in [-0.15, -0.1) is 0 Å². The van der Waals surface area contributed by atoms with Crippen LogP contribution in [0.3, 0.4) is 0 Å². The third-order valence-electron chi connectivity index (χ3n) is 3.79. The average Bonchev–Trinajstić information content (AvgIpc) is 2.55. The molecule has 0 saturated carbocycles. The number of rotatable bonds is 2. The summed E-state index contributed by atoms with van der Waals surface area (Å²) in [7, 11) is 0. The number of anilines is 1. The fourth-order valence-electron chi connectivity index (χ4n) is 2.66. The highest BCUT2D eigenvalue weighted by atomic mass is 79.9. The first-order valence-electron chi connectivity index (χ1n) is 7.21. The number of aryl methyl sites for hydroxylation is 1. The first-order chi connectivity index (χ1) is 10.6. The predicted octanol–water partition coefficient (Wildman–Crippen LogP) is 2.51. The molecular weight excluding hydrogens is 344 g/mol. The van der Waals surface area contributed by atoms with Crippen molar-refractivity contribution < 1.29 is 4.79 Å². The molecule has 6 heteroatoms.